The van der Waals surface area contributed by atoms with Gasteiger partial charge < -0.3 is 10.1 Å². The van der Waals surface area contributed by atoms with E-state index in [9.17, 15) is 0 Å². The normalized spacial score (nSPS) is 26.8. The van der Waals surface area contributed by atoms with Gasteiger partial charge in [0.25, 0.3) is 0 Å². The lowest BCUT2D eigenvalue weighted by Gasteiger charge is -2.44. The molecular weight excluding hydrogens is 198 g/mol. The molecule has 1 aromatic carbocycles. The number of methoxy groups -OCH3 is 1. The molecule has 0 amide bonds. The maximum atomic E-state index is 5.43. The van der Waals surface area contributed by atoms with Crippen molar-refractivity contribution < 1.29 is 4.74 Å². The van der Waals surface area contributed by atoms with Crippen LogP contribution in [0.4, 0.5) is 5.69 Å². The highest BCUT2D eigenvalue weighted by Gasteiger charge is 2.37. The lowest BCUT2D eigenvalue weighted by molar-refractivity contribution is 0.311. The van der Waals surface area contributed by atoms with E-state index in [2.05, 4.69) is 45.1 Å². The van der Waals surface area contributed by atoms with Gasteiger partial charge in [0, 0.05) is 5.54 Å². The van der Waals surface area contributed by atoms with Crippen LogP contribution >= 0.6 is 0 Å². The Morgan fingerprint density at radius 1 is 1.25 bits per heavy atom. The predicted octanol–water partition coefficient (Wildman–Crippen LogP) is 3.64. The smallest absolute Gasteiger partial charge is 0.142 e. The summed E-state index contributed by atoms with van der Waals surface area (Å²) >= 11 is 0. The number of nitrogens with one attached hydrogen (secondary N) is 1. The first-order chi connectivity index (χ1) is 7.47. The summed E-state index contributed by atoms with van der Waals surface area (Å²) in [6.07, 6.45) is 0. The third-order valence-corrected chi connectivity index (χ3v) is 4.10. The SMILES string of the molecule is COc1cccc2c1NC(C)(C)C(C)C2C. The number of benzene rings is 1. The Labute approximate surface area is 98.0 Å². The van der Waals surface area contributed by atoms with Crippen LogP contribution in [0.15, 0.2) is 18.2 Å². The first-order valence-corrected chi connectivity index (χ1v) is 5.92. The second-order valence-corrected chi connectivity index (χ2v) is 5.35. The standard InChI is InChI=1S/C14H21NO/c1-9-10(2)14(3,4)15-13-11(9)7-6-8-12(13)16-5/h6-10,15H,1-5H3. The summed E-state index contributed by atoms with van der Waals surface area (Å²) in [5.41, 5.74) is 2.65. The van der Waals surface area contributed by atoms with Gasteiger partial charge in [0.05, 0.1) is 12.8 Å². The van der Waals surface area contributed by atoms with Gasteiger partial charge >= 0.3 is 0 Å². The molecule has 0 saturated heterocycles. The number of hydrogen-bond acceptors (Lipinski definition) is 2. The Morgan fingerprint density at radius 3 is 2.56 bits per heavy atom. The van der Waals surface area contributed by atoms with Crippen LogP contribution in [0.3, 0.4) is 0 Å². The molecule has 2 unspecified atom stereocenters. The summed E-state index contributed by atoms with van der Waals surface area (Å²) in [7, 11) is 1.73. The molecule has 0 fully saturated rings. The fourth-order valence-corrected chi connectivity index (χ4v) is 2.56. The molecule has 0 spiro atoms. The van der Waals surface area contributed by atoms with Crippen LogP contribution in [0.25, 0.3) is 0 Å². The molecule has 88 valence electrons. The zero-order valence-corrected chi connectivity index (χ0v) is 10.8. The van der Waals surface area contributed by atoms with Gasteiger partial charge in [0.1, 0.15) is 5.75 Å². The third kappa shape index (κ3) is 1.57. The van der Waals surface area contributed by atoms with Gasteiger partial charge in [-0.15, -0.1) is 0 Å². The fourth-order valence-electron chi connectivity index (χ4n) is 2.56. The number of ether oxygens (including phenoxy) is 1. The summed E-state index contributed by atoms with van der Waals surface area (Å²) in [6, 6.07) is 6.28. The monoisotopic (exact) mass is 219 g/mol. The van der Waals surface area contributed by atoms with Crippen molar-refractivity contribution >= 4 is 5.69 Å². The van der Waals surface area contributed by atoms with Crippen molar-refractivity contribution in [2.45, 2.75) is 39.2 Å². The summed E-state index contributed by atoms with van der Waals surface area (Å²) in [5.74, 6) is 2.11. The van der Waals surface area contributed by atoms with Gasteiger partial charge in [-0.3, -0.25) is 0 Å². The predicted molar refractivity (Wildman–Crippen MR) is 68.3 cm³/mol. The maximum Gasteiger partial charge on any atom is 0.142 e. The minimum atomic E-state index is 0.112. The van der Waals surface area contributed by atoms with Gasteiger partial charge in [-0.2, -0.15) is 0 Å². The van der Waals surface area contributed by atoms with Crippen LogP contribution in [0, 0.1) is 5.92 Å². The molecule has 2 nitrogen and oxygen atoms in total. The molecule has 1 aliphatic heterocycles. The van der Waals surface area contributed by atoms with Crippen molar-refractivity contribution in [2.75, 3.05) is 12.4 Å². The molecule has 1 aliphatic rings. The lowest BCUT2D eigenvalue weighted by atomic mass is 9.73. The number of fused-ring (bicyclic) bond motifs is 1. The molecule has 0 radical (unpaired) electrons. The zero-order chi connectivity index (χ0) is 11.9. The molecule has 2 atom stereocenters. The molecule has 0 bridgehead atoms. The second-order valence-electron chi connectivity index (χ2n) is 5.35. The number of para-hydroxylation sites is 1. The van der Waals surface area contributed by atoms with E-state index in [4.69, 9.17) is 4.74 Å². The molecule has 0 aliphatic carbocycles. The fraction of sp³-hybridized carbons (Fsp3) is 0.571. The number of anilines is 1. The Balaban J connectivity index is 2.54. The molecule has 2 rings (SSSR count). The largest absolute Gasteiger partial charge is 0.495 e. The van der Waals surface area contributed by atoms with Gasteiger partial charge in [-0.1, -0.05) is 26.0 Å². The molecule has 1 heterocycles. The van der Waals surface area contributed by atoms with E-state index >= 15 is 0 Å². The summed E-state index contributed by atoms with van der Waals surface area (Å²) in [4.78, 5) is 0. The van der Waals surface area contributed by atoms with E-state index in [0.717, 1.165) is 5.75 Å². The van der Waals surface area contributed by atoms with Crippen LogP contribution in [0.1, 0.15) is 39.2 Å². The average molecular weight is 219 g/mol. The van der Waals surface area contributed by atoms with Crippen LogP contribution in [-0.4, -0.2) is 12.6 Å². The van der Waals surface area contributed by atoms with Crippen LogP contribution in [-0.2, 0) is 0 Å². The number of hydrogen-bond donors (Lipinski definition) is 1. The Hall–Kier alpha value is -1.18. The van der Waals surface area contributed by atoms with Gasteiger partial charge in [-0.05, 0) is 37.3 Å². The molecular formula is C14H21NO. The Kier molecular flexibility index (Phi) is 2.61. The van der Waals surface area contributed by atoms with Crippen molar-refractivity contribution in [3.8, 4) is 5.75 Å². The topological polar surface area (TPSA) is 21.3 Å². The molecule has 2 heteroatoms. The van der Waals surface area contributed by atoms with Crippen molar-refractivity contribution in [3.63, 3.8) is 0 Å². The molecule has 16 heavy (non-hydrogen) atoms. The maximum absolute atomic E-state index is 5.43. The summed E-state index contributed by atoms with van der Waals surface area (Å²) in [6.45, 7) is 9.11. The molecule has 1 aromatic rings. The second kappa shape index (κ2) is 3.69. The van der Waals surface area contributed by atoms with E-state index in [-0.39, 0.29) is 5.54 Å². The lowest BCUT2D eigenvalue weighted by Crippen LogP contribution is -2.44. The van der Waals surface area contributed by atoms with E-state index in [1.807, 2.05) is 6.07 Å². The highest BCUT2D eigenvalue weighted by Crippen LogP contribution is 2.46. The first kappa shape index (κ1) is 11.3. The van der Waals surface area contributed by atoms with Crippen LogP contribution in [0.2, 0.25) is 0 Å². The molecule has 0 saturated carbocycles. The summed E-state index contributed by atoms with van der Waals surface area (Å²) in [5, 5.41) is 3.61. The molecule has 0 aromatic heterocycles. The van der Waals surface area contributed by atoms with Crippen molar-refractivity contribution in [2.24, 2.45) is 5.92 Å². The minimum Gasteiger partial charge on any atom is -0.495 e. The van der Waals surface area contributed by atoms with Crippen molar-refractivity contribution in [1.29, 1.82) is 0 Å². The van der Waals surface area contributed by atoms with Crippen molar-refractivity contribution in [3.05, 3.63) is 23.8 Å². The molecule has 1 N–H and O–H groups in total. The zero-order valence-electron chi connectivity index (χ0n) is 10.8. The number of rotatable bonds is 1. The Morgan fingerprint density at radius 2 is 1.94 bits per heavy atom. The minimum absolute atomic E-state index is 0.112. The van der Waals surface area contributed by atoms with E-state index in [0.29, 0.717) is 11.8 Å². The van der Waals surface area contributed by atoms with E-state index in [1.54, 1.807) is 7.11 Å². The highest BCUT2D eigenvalue weighted by molar-refractivity contribution is 5.66. The van der Waals surface area contributed by atoms with E-state index in [1.165, 1.54) is 11.3 Å². The van der Waals surface area contributed by atoms with Crippen molar-refractivity contribution in [1.82, 2.24) is 0 Å². The Bertz CT molecular complexity index is 398. The highest BCUT2D eigenvalue weighted by atomic mass is 16.5. The van der Waals surface area contributed by atoms with Gasteiger partial charge in [0.15, 0.2) is 0 Å². The van der Waals surface area contributed by atoms with Crippen LogP contribution in [0.5, 0.6) is 5.75 Å². The first-order valence-electron chi connectivity index (χ1n) is 5.92. The van der Waals surface area contributed by atoms with Crippen LogP contribution < -0.4 is 10.1 Å². The summed E-state index contributed by atoms with van der Waals surface area (Å²) < 4.78 is 5.43. The third-order valence-electron chi connectivity index (χ3n) is 4.10. The average Bonchev–Trinajstić information content (AvgIpc) is 2.25. The van der Waals surface area contributed by atoms with Gasteiger partial charge in [-0.25, -0.2) is 0 Å². The quantitative estimate of drug-likeness (QED) is 0.778. The van der Waals surface area contributed by atoms with E-state index < -0.39 is 0 Å². The van der Waals surface area contributed by atoms with Gasteiger partial charge in [0.2, 0.25) is 0 Å².